The van der Waals surface area contributed by atoms with Crippen LogP contribution in [0.3, 0.4) is 0 Å². The van der Waals surface area contributed by atoms with Crippen molar-refractivity contribution in [3.8, 4) is 0 Å². The van der Waals surface area contributed by atoms with Crippen molar-refractivity contribution in [2.75, 3.05) is 12.3 Å². The third-order valence-electron chi connectivity index (χ3n) is 5.80. The molecular weight excluding hydrogens is 498 g/mol. The van der Waals surface area contributed by atoms with Gasteiger partial charge in [-0.2, -0.15) is 12.6 Å². The van der Waals surface area contributed by atoms with Crippen LogP contribution >= 0.6 is 12.6 Å². The highest BCUT2D eigenvalue weighted by Gasteiger charge is 2.32. The molecule has 0 bridgehead atoms. The lowest BCUT2D eigenvalue weighted by molar-refractivity contribution is -0.142. The van der Waals surface area contributed by atoms with Gasteiger partial charge in [-0.15, -0.1) is 0 Å². The molecule has 0 aliphatic rings. The van der Waals surface area contributed by atoms with E-state index in [2.05, 4.69) is 33.6 Å². The number of thiol groups is 1. The zero-order valence-corrected chi connectivity index (χ0v) is 22.1. The summed E-state index contributed by atoms with van der Waals surface area (Å²) in [6, 6.07) is 5.03. The van der Waals surface area contributed by atoms with Gasteiger partial charge in [0.2, 0.25) is 17.7 Å². The van der Waals surface area contributed by atoms with Crippen LogP contribution in [0.15, 0.2) is 35.3 Å². The Bertz CT molecular complexity index is 927. The summed E-state index contributed by atoms with van der Waals surface area (Å²) >= 11 is 3.96. The Morgan fingerprint density at radius 2 is 1.62 bits per heavy atom. The molecule has 206 valence electrons. The molecule has 0 saturated carbocycles. The Kier molecular flexibility index (Phi) is 14.1. The van der Waals surface area contributed by atoms with E-state index < -0.39 is 47.9 Å². The fourth-order valence-electron chi connectivity index (χ4n) is 3.41. The standard InChI is InChI=1S/C24H39N7O5S/c1-3-14(2)19(22(34)30-18(13-37)23(35)36)31-21(33)17(10-7-11-28-24(26)27)29-20(32)16(25)12-15-8-5-4-6-9-15/h4-6,8-9,14,16-19,37H,3,7,10-13,25H2,1-2H3,(H,29,32)(H,30,34)(H,31,33)(H,35,36)(H4,26,27,28). The van der Waals surface area contributed by atoms with Crippen LogP contribution in [0.5, 0.6) is 0 Å². The monoisotopic (exact) mass is 537 g/mol. The Labute approximate surface area is 222 Å². The minimum absolute atomic E-state index is 0.0967. The molecule has 0 aliphatic heterocycles. The highest BCUT2D eigenvalue weighted by molar-refractivity contribution is 7.80. The van der Waals surface area contributed by atoms with Crippen molar-refractivity contribution in [2.24, 2.45) is 28.1 Å². The van der Waals surface area contributed by atoms with Gasteiger partial charge in [0, 0.05) is 12.3 Å². The van der Waals surface area contributed by atoms with Gasteiger partial charge in [-0.3, -0.25) is 19.4 Å². The molecule has 3 amide bonds. The molecule has 37 heavy (non-hydrogen) atoms. The Morgan fingerprint density at radius 1 is 1.00 bits per heavy atom. The van der Waals surface area contributed by atoms with Crippen LogP contribution in [0.1, 0.15) is 38.7 Å². The van der Waals surface area contributed by atoms with Gasteiger partial charge in [0.1, 0.15) is 18.1 Å². The van der Waals surface area contributed by atoms with Gasteiger partial charge in [0.05, 0.1) is 6.04 Å². The van der Waals surface area contributed by atoms with Crippen LogP contribution < -0.4 is 33.2 Å². The number of carbonyl (C=O) groups is 4. The van der Waals surface area contributed by atoms with E-state index in [-0.39, 0.29) is 37.0 Å². The molecule has 0 aliphatic carbocycles. The van der Waals surface area contributed by atoms with E-state index >= 15 is 0 Å². The van der Waals surface area contributed by atoms with Crippen LogP contribution in [0, 0.1) is 5.92 Å². The molecule has 0 heterocycles. The van der Waals surface area contributed by atoms with E-state index in [1.165, 1.54) is 0 Å². The summed E-state index contributed by atoms with van der Waals surface area (Å²) in [7, 11) is 0. The molecular formula is C24H39N7O5S. The molecule has 0 saturated heterocycles. The first kappa shape index (κ1) is 31.7. The van der Waals surface area contributed by atoms with Crippen LogP contribution in [0.25, 0.3) is 0 Å². The predicted molar refractivity (Wildman–Crippen MR) is 145 cm³/mol. The molecule has 1 rings (SSSR count). The Hall–Kier alpha value is -3.32. The fourth-order valence-corrected chi connectivity index (χ4v) is 3.66. The molecule has 0 aromatic heterocycles. The summed E-state index contributed by atoms with van der Waals surface area (Å²) < 4.78 is 0. The number of carboxylic acids is 1. The molecule has 12 nitrogen and oxygen atoms in total. The lowest BCUT2D eigenvalue weighted by Gasteiger charge is -2.28. The molecule has 0 spiro atoms. The summed E-state index contributed by atoms with van der Waals surface area (Å²) in [6.07, 6.45) is 1.34. The van der Waals surface area contributed by atoms with Crippen molar-refractivity contribution >= 4 is 42.3 Å². The molecule has 5 atom stereocenters. The first-order chi connectivity index (χ1) is 17.5. The average Bonchev–Trinajstić information content (AvgIpc) is 2.86. The van der Waals surface area contributed by atoms with Crippen molar-refractivity contribution in [2.45, 2.75) is 63.7 Å². The molecule has 5 unspecified atom stereocenters. The Morgan fingerprint density at radius 3 is 2.16 bits per heavy atom. The summed E-state index contributed by atoms with van der Waals surface area (Å²) in [6.45, 7) is 3.82. The summed E-state index contributed by atoms with van der Waals surface area (Å²) in [5.74, 6) is -3.58. The first-order valence-corrected chi connectivity index (χ1v) is 12.7. The number of benzene rings is 1. The number of carboxylic acid groups (broad SMARTS) is 1. The summed E-state index contributed by atoms with van der Waals surface area (Å²) in [5.41, 5.74) is 17.7. The second-order valence-corrected chi connectivity index (χ2v) is 9.13. The first-order valence-electron chi connectivity index (χ1n) is 12.1. The lowest BCUT2D eigenvalue weighted by atomic mass is 9.97. The third kappa shape index (κ3) is 11.5. The Balaban J connectivity index is 3.01. The number of aliphatic imine (C=N–C) groups is 1. The fraction of sp³-hybridized carbons (Fsp3) is 0.542. The van der Waals surface area contributed by atoms with Crippen LogP contribution in [0.4, 0.5) is 0 Å². The highest BCUT2D eigenvalue weighted by atomic mass is 32.1. The quantitative estimate of drug-likeness (QED) is 0.0572. The molecule has 0 radical (unpaired) electrons. The van der Waals surface area contributed by atoms with Gasteiger partial charge in [-0.25, -0.2) is 4.79 Å². The average molecular weight is 538 g/mol. The summed E-state index contributed by atoms with van der Waals surface area (Å²) in [5, 5.41) is 17.0. The lowest BCUT2D eigenvalue weighted by Crippen LogP contribution is -2.59. The van der Waals surface area contributed by atoms with Crippen molar-refractivity contribution < 1.29 is 24.3 Å². The van der Waals surface area contributed by atoms with E-state index in [0.717, 1.165) is 5.56 Å². The van der Waals surface area contributed by atoms with Crippen LogP contribution in [-0.2, 0) is 25.6 Å². The van der Waals surface area contributed by atoms with Crippen molar-refractivity contribution in [1.82, 2.24) is 16.0 Å². The molecule has 1 aromatic rings. The van der Waals surface area contributed by atoms with Gasteiger partial charge in [0.15, 0.2) is 5.96 Å². The summed E-state index contributed by atoms with van der Waals surface area (Å²) in [4.78, 5) is 54.2. The largest absolute Gasteiger partial charge is 0.480 e. The van der Waals surface area contributed by atoms with Crippen molar-refractivity contribution in [3.05, 3.63) is 35.9 Å². The number of aliphatic carboxylic acids is 1. The third-order valence-corrected chi connectivity index (χ3v) is 6.17. The van der Waals surface area contributed by atoms with Crippen LogP contribution in [0.2, 0.25) is 0 Å². The molecule has 1 aromatic carbocycles. The number of rotatable bonds is 16. The number of nitrogens with one attached hydrogen (secondary N) is 3. The topological polar surface area (TPSA) is 215 Å². The molecule has 13 heteroatoms. The van der Waals surface area contributed by atoms with E-state index in [1.807, 2.05) is 37.3 Å². The molecule has 0 fully saturated rings. The van der Waals surface area contributed by atoms with E-state index in [0.29, 0.717) is 12.8 Å². The number of hydrogen-bond acceptors (Lipinski definition) is 7. The van der Waals surface area contributed by atoms with E-state index in [1.54, 1.807) is 6.92 Å². The smallest absolute Gasteiger partial charge is 0.327 e. The van der Waals surface area contributed by atoms with E-state index in [4.69, 9.17) is 17.2 Å². The number of nitrogens with zero attached hydrogens (tertiary/aromatic N) is 1. The van der Waals surface area contributed by atoms with Gasteiger partial charge >= 0.3 is 5.97 Å². The number of guanidine groups is 1. The zero-order valence-electron chi connectivity index (χ0n) is 21.2. The minimum Gasteiger partial charge on any atom is -0.480 e. The maximum Gasteiger partial charge on any atom is 0.327 e. The maximum atomic E-state index is 13.2. The number of amides is 3. The number of hydrogen-bond donors (Lipinski definition) is 8. The SMILES string of the molecule is CCC(C)C(NC(=O)C(CCCN=C(N)N)NC(=O)C(N)Cc1ccccc1)C(=O)NC(CS)C(=O)O. The second-order valence-electron chi connectivity index (χ2n) is 8.76. The minimum atomic E-state index is -1.24. The van der Waals surface area contributed by atoms with Gasteiger partial charge in [-0.05, 0) is 30.7 Å². The number of nitrogens with two attached hydrogens (primary N) is 3. The van der Waals surface area contributed by atoms with Crippen molar-refractivity contribution in [3.63, 3.8) is 0 Å². The second kappa shape index (κ2) is 16.4. The van der Waals surface area contributed by atoms with Gasteiger partial charge in [0.25, 0.3) is 0 Å². The molecule has 10 N–H and O–H groups in total. The number of carbonyl (C=O) groups excluding carboxylic acids is 3. The van der Waals surface area contributed by atoms with Crippen molar-refractivity contribution in [1.29, 1.82) is 0 Å². The van der Waals surface area contributed by atoms with Crippen LogP contribution in [-0.4, -0.2) is 71.2 Å². The highest BCUT2D eigenvalue weighted by Crippen LogP contribution is 2.11. The maximum absolute atomic E-state index is 13.2. The normalized spacial score (nSPS) is 14.8. The predicted octanol–water partition coefficient (Wildman–Crippen LogP) is -0.875. The van der Waals surface area contributed by atoms with Gasteiger partial charge < -0.3 is 38.3 Å². The zero-order chi connectivity index (χ0) is 28.0. The van der Waals surface area contributed by atoms with Gasteiger partial charge in [-0.1, -0.05) is 50.6 Å². The van der Waals surface area contributed by atoms with E-state index in [9.17, 15) is 24.3 Å².